The highest BCUT2D eigenvalue weighted by Gasteiger charge is 2.22. The lowest BCUT2D eigenvalue weighted by Gasteiger charge is -2.14. The molecule has 2 heteroatoms. The predicted octanol–water partition coefficient (Wildman–Crippen LogP) is 3.42. The fraction of sp³-hybridized carbons (Fsp3) is 0.278. The van der Waals surface area contributed by atoms with Gasteiger partial charge in [-0.1, -0.05) is 54.6 Å². The van der Waals surface area contributed by atoms with Gasteiger partial charge in [-0.2, -0.15) is 0 Å². The van der Waals surface area contributed by atoms with E-state index in [9.17, 15) is 4.79 Å². The molecule has 0 fully saturated rings. The molecular weight excluding hydrogens is 246 g/mol. The first kappa shape index (κ1) is 12.9. The fourth-order valence-corrected chi connectivity index (χ4v) is 2.88. The minimum Gasteiger partial charge on any atom is -0.349 e. The van der Waals surface area contributed by atoms with Gasteiger partial charge in [0.2, 0.25) is 5.91 Å². The SMILES string of the molecule is O=C(CCc1ccccc1)NC1CCc2ccccc21. The van der Waals surface area contributed by atoms with Crippen LogP contribution in [-0.2, 0) is 17.6 Å². The first-order valence-corrected chi connectivity index (χ1v) is 7.24. The number of aryl methyl sites for hydroxylation is 2. The van der Waals surface area contributed by atoms with E-state index >= 15 is 0 Å². The zero-order valence-electron chi connectivity index (χ0n) is 11.5. The number of nitrogens with one attached hydrogen (secondary N) is 1. The molecule has 1 aliphatic carbocycles. The predicted molar refractivity (Wildman–Crippen MR) is 80.4 cm³/mol. The van der Waals surface area contributed by atoms with Crippen LogP contribution in [0.15, 0.2) is 54.6 Å². The summed E-state index contributed by atoms with van der Waals surface area (Å²) in [4.78, 5) is 12.1. The van der Waals surface area contributed by atoms with Crippen LogP contribution in [0.5, 0.6) is 0 Å². The summed E-state index contributed by atoms with van der Waals surface area (Å²) in [6.45, 7) is 0. The summed E-state index contributed by atoms with van der Waals surface area (Å²) in [6, 6.07) is 18.8. The molecule has 1 atom stereocenters. The number of hydrogen-bond donors (Lipinski definition) is 1. The molecule has 0 aromatic heterocycles. The van der Waals surface area contributed by atoms with Crippen molar-refractivity contribution in [3.05, 3.63) is 71.3 Å². The second-order valence-corrected chi connectivity index (χ2v) is 5.34. The smallest absolute Gasteiger partial charge is 0.220 e. The van der Waals surface area contributed by atoms with Crippen LogP contribution in [0.2, 0.25) is 0 Å². The van der Waals surface area contributed by atoms with E-state index < -0.39 is 0 Å². The minimum absolute atomic E-state index is 0.149. The number of carbonyl (C=O) groups is 1. The maximum atomic E-state index is 12.1. The monoisotopic (exact) mass is 265 g/mol. The van der Waals surface area contributed by atoms with Gasteiger partial charge in [0.1, 0.15) is 0 Å². The largest absolute Gasteiger partial charge is 0.349 e. The molecule has 0 aliphatic heterocycles. The number of carbonyl (C=O) groups excluding carboxylic acids is 1. The van der Waals surface area contributed by atoms with E-state index in [4.69, 9.17) is 0 Å². The molecule has 0 spiro atoms. The van der Waals surface area contributed by atoms with Crippen LogP contribution in [0.3, 0.4) is 0 Å². The van der Waals surface area contributed by atoms with E-state index in [1.54, 1.807) is 0 Å². The summed E-state index contributed by atoms with van der Waals surface area (Å²) in [7, 11) is 0. The molecule has 1 unspecified atom stereocenters. The number of hydrogen-bond acceptors (Lipinski definition) is 1. The number of benzene rings is 2. The lowest BCUT2D eigenvalue weighted by molar-refractivity contribution is -0.121. The first-order chi connectivity index (χ1) is 9.83. The number of rotatable bonds is 4. The summed E-state index contributed by atoms with van der Waals surface area (Å²) in [5.41, 5.74) is 3.89. The van der Waals surface area contributed by atoms with Gasteiger partial charge in [0.05, 0.1) is 6.04 Å². The Labute approximate surface area is 119 Å². The van der Waals surface area contributed by atoms with Gasteiger partial charge in [-0.25, -0.2) is 0 Å². The highest BCUT2D eigenvalue weighted by atomic mass is 16.1. The summed E-state index contributed by atoms with van der Waals surface area (Å²) in [6.07, 6.45) is 3.46. The molecule has 2 aromatic carbocycles. The van der Waals surface area contributed by atoms with Crippen molar-refractivity contribution in [2.45, 2.75) is 31.7 Å². The van der Waals surface area contributed by atoms with Crippen molar-refractivity contribution >= 4 is 5.91 Å². The van der Waals surface area contributed by atoms with Gasteiger partial charge in [-0.05, 0) is 36.0 Å². The Morgan fingerprint density at radius 3 is 2.65 bits per heavy atom. The molecule has 2 nitrogen and oxygen atoms in total. The van der Waals surface area contributed by atoms with E-state index in [0.29, 0.717) is 6.42 Å². The molecule has 0 saturated carbocycles. The Morgan fingerprint density at radius 1 is 1.05 bits per heavy atom. The molecule has 0 bridgehead atoms. The van der Waals surface area contributed by atoms with Crippen LogP contribution >= 0.6 is 0 Å². The van der Waals surface area contributed by atoms with E-state index in [-0.39, 0.29) is 11.9 Å². The highest BCUT2D eigenvalue weighted by molar-refractivity contribution is 5.77. The Morgan fingerprint density at radius 2 is 1.80 bits per heavy atom. The zero-order valence-corrected chi connectivity index (χ0v) is 11.5. The topological polar surface area (TPSA) is 29.1 Å². The van der Waals surface area contributed by atoms with E-state index in [1.807, 2.05) is 24.3 Å². The lowest BCUT2D eigenvalue weighted by atomic mass is 10.1. The third kappa shape index (κ3) is 2.90. The second kappa shape index (κ2) is 5.91. The molecule has 1 aliphatic rings. The third-order valence-electron chi connectivity index (χ3n) is 3.95. The lowest BCUT2D eigenvalue weighted by Crippen LogP contribution is -2.27. The molecule has 1 N–H and O–H groups in total. The van der Waals surface area contributed by atoms with Gasteiger partial charge in [0, 0.05) is 6.42 Å². The van der Waals surface area contributed by atoms with E-state index in [2.05, 4.69) is 35.6 Å². The molecule has 1 amide bonds. The summed E-state index contributed by atoms with van der Waals surface area (Å²) in [5.74, 6) is 0.149. The van der Waals surface area contributed by atoms with Crippen LogP contribution in [0.4, 0.5) is 0 Å². The van der Waals surface area contributed by atoms with Crippen LogP contribution in [0.25, 0.3) is 0 Å². The average Bonchev–Trinajstić information content (AvgIpc) is 2.90. The summed E-state index contributed by atoms with van der Waals surface area (Å²) < 4.78 is 0. The van der Waals surface area contributed by atoms with Gasteiger partial charge >= 0.3 is 0 Å². The van der Waals surface area contributed by atoms with Gasteiger partial charge in [0.25, 0.3) is 0 Å². The maximum Gasteiger partial charge on any atom is 0.220 e. The number of amides is 1. The van der Waals surface area contributed by atoms with Crippen LogP contribution in [-0.4, -0.2) is 5.91 Å². The Kier molecular flexibility index (Phi) is 3.82. The molecular formula is C18H19NO. The van der Waals surface area contributed by atoms with Gasteiger partial charge in [-0.15, -0.1) is 0 Å². The van der Waals surface area contributed by atoms with Crippen LogP contribution in [0.1, 0.15) is 35.6 Å². The zero-order chi connectivity index (χ0) is 13.8. The Balaban J connectivity index is 1.55. The standard InChI is InChI=1S/C18H19NO/c20-18(13-10-14-6-2-1-3-7-14)19-17-12-11-15-8-4-5-9-16(15)17/h1-9,17H,10-13H2,(H,19,20). The fourth-order valence-electron chi connectivity index (χ4n) is 2.88. The quantitative estimate of drug-likeness (QED) is 0.901. The van der Waals surface area contributed by atoms with Crippen molar-refractivity contribution < 1.29 is 4.79 Å². The average molecular weight is 265 g/mol. The van der Waals surface area contributed by atoms with Crippen LogP contribution in [0, 0.1) is 0 Å². The number of fused-ring (bicyclic) bond motifs is 1. The van der Waals surface area contributed by atoms with E-state index in [0.717, 1.165) is 19.3 Å². The third-order valence-corrected chi connectivity index (χ3v) is 3.95. The normalized spacial score (nSPS) is 16.7. The van der Waals surface area contributed by atoms with Crippen molar-refractivity contribution in [3.8, 4) is 0 Å². The van der Waals surface area contributed by atoms with Crippen molar-refractivity contribution in [2.75, 3.05) is 0 Å². The van der Waals surface area contributed by atoms with Gasteiger partial charge < -0.3 is 5.32 Å². The molecule has 20 heavy (non-hydrogen) atoms. The molecule has 102 valence electrons. The maximum absolute atomic E-state index is 12.1. The van der Waals surface area contributed by atoms with Crippen molar-refractivity contribution in [1.29, 1.82) is 0 Å². The molecule has 0 heterocycles. The van der Waals surface area contributed by atoms with Crippen molar-refractivity contribution in [3.63, 3.8) is 0 Å². The first-order valence-electron chi connectivity index (χ1n) is 7.24. The second-order valence-electron chi connectivity index (χ2n) is 5.34. The minimum atomic E-state index is 0.149. The van der Waals surface area contributed by atoms with Crippen molar-refractivity contribution in [2.24, 2.45) is 0 Å². The molecule has 0 saturated heterocycles. The van der Waals surface area contributed by atoms with Gasteiger partial charge in [0.15, 0.2) is 0 Å². The Hall–Kier alpha value is -2.09. The molecule has 2 aromatic rings. The molecule has 0 radical (unpaired) electrons. The van der Waals surface area contributed by atoms with Gasteiger partial charge in [-0.3, -0.25) is 4.79 Å². The van der Waals surface area contributed by atoms with Crippen LogP contribution < -0.4 is 5.32 Å². The summed E-state index contributed by atoms with van der Waals surface area (Å²) >= 11 is 0. The van der Waals surface area contributed by atoms with E-state index in [1.165, 1.54) is 16.7 Å². The van der Waals surface area contributed by atoms with Crippen molar-refractivity contribution in [1.82, 2.24) is 5.32 Å². The molecule has 3 rings (SSSR count). The Bertz CT molecular complexity index is 591. The highest BCUT2D eigenvalue weighted by Crippen LogP contribution is 2.30. The summed E-state index contributed by atoms with van der Waals surface area (Å²) in [5, 5.41) is 3.17.